The Hall–Kier alpha value is -2.77. The molecule has 0 aliphatic carbocycles. The van der Waals surface area contributed by atoms with Crippen LogP contribution in [0.25, 0.3) is 0 Å². The van der Waals surface area contributed by atoms with Crippen molar-refractivity contribution < 1.29 is 4.79 Å². The molecule has 3 aromatic rings. The van der Waals surface area contributed by atoms with Crippen molar-refractivity contribution >= 4 is 28.6 Å². The number of hydrogen-bond donors (Lipinski definition) is 2. The zero-order chi connectivity index (χ0) is 20.1. The smallest absolute Gasteiger partial charge is 0.275 e. The van der Waals surface area contributed by atoms with E-state index in [2.05, 4.69) is 62.1 Å². The van der Waals surface area contributed by atoms with E-state index in [0.717, 1.165) is 31.6 Å². The van der Waals surface area contributed by atoms with Gasteiger partial charge in [0.1, 0.15) is 5.69 Å². The topological polar surface area (TPSA) is 70.2 Å². The third-order valence-corrected chi connectivity index (χ3v) is 6.29. The van der Waals surface area contributed by atoms with E-state index in [1.165, 1.54) is 23.0 Å². The Balaban J connectivity index is 1.28. The summed E-state index contributed by atoms with van der Waals surface area (Å²) in [5.74, 6) is -0.252. The third kappa shape index (κ3) is 4.99. The van der Waals surface area contributed by atoms with Crippen LogP contribution in [-0.4, -0.2) is 35.0 Å². The number of nitrogens with one attached hydrogen (secondary N) is 2. The first-order chi connectivity index (χ1) is 14.2. The number of piperidine rings is 1. The van der Waals surface area contributed by atoms with Gasteiger partial charge in [-0.05, 0) is 55.5 Å². The van der Waals surface area contributed by atoms with Gasteiger partial charge < -0.3 is 15.5 Å². The Morgan fingerprint density at radius 3 is 2.62 bits per heavy atom. The summed E-state index contributed by atoms with van der Waals surface area (Å²) < 4.78 is 0. The van der Waals surface area contributed by atoms with E-state index in [4.69, 9.17) is 0 Å². The van der Waals surface area contributed by atoms with Crippen LogP contribution in [0.4, 0.5) is 11.4 Å². The maximum atomic E-state index is 12.2. The standard InChI is InChI=1S/C22H25N5OS/c1-16(21-3-2-14-29-21)25-18-8-12-27(13-9-18)19-6-4-17(5-7-19)26-22(28)20-15-23-10-11-24-20/h2-7,10-11,14-16,18,25H,8-9,12-13H2,1H3,(H,26,28). The second-order valence-electron chi connectivity index (χ2n) is 7.26. The molecule has 29 heavy (non-hydrogen) atoms. The highest BCUT2D eigenvalue weighted by Crippen LogP contribution is 2.25. The predicted molar refractivity (Wildman–Crippen MR) is 118 cm³/mol. The minimum absolute atomic E-state index is 0.252. The summed E-state index contributed by atoms with van der Waals surface area (Å²) in [5, 5.41) is 8.76. The van der Waals surface area contributed by atoms with E-state index >= 15 is 0 Å². The monoisotopic (exact) mass is 407 g/mol. The Labute approximate surface area is 175 Å². The lowest BCUT2D eigenvalue weighted by molar-refractivity contribution is 0.102. The van der Waals surface area contributed by atoms with E-state index in [0.29, 0.717) is 17.8 Å². The third-order valence-electron chi connectivity index (χ3n) is 5.24. The molecule has 1 atom stereocenters. The Morgan fingerprint density at radius 2 is 1.97 bits per heavy atom. The van der Waals surface area contributed by atoms with Gasteiger partial charge in [-0.25, -0.2) is 4.98 Å². The summed E-state index contributed by atoms with van der Waals surface area (Å²) >= 11 is 1.81. The van der Waals surface area contributed by atoms with Crippen molar-refractivity contribution in [3.8, 4) is 0 Å². The number of benzene rings is 1. The molecule has 1 amide bonds. The number of amides is 1. The van der Waals surface area contributed by atoms with Gasteiger partial charge in [-0.3, -0.25) is 9.78 Å². The summed E-state index contributed by atoms with van der Waals surface area (Å²) in [5.41, 5.74) is 2.25. The molecule has 1 aliphatic rings. The lowest BCUT2D eigenvalue weighted by atomic mass is 10.0. The summed E-state index contributed by atoms with van der Waals surface area (Å²) in [6.07, 6.45) is 6.77. The van der Waals surface area contributed by atoms with Crippen molar-refractivity contribution in [2.75, 3.05) is 23.3 Å². The summed E-state index contributed by atoms with van der Waals surface area (Å²) in [6.45, 7) is 4.30. The van der Waals surface area contributed by atoms with Crippen molar-refractivity contribution in [2.45, 2.75) is 31.8 Å². The molecule has 150 valence electrons. The molecule has 0 radical (unpaired) electrons. The molecule has 7 heteroatoms. The fraction of sp³-hybridized carbons (Fsp3) is 0.318. The van der Waals surface area contributed by atoms with Crippen molar-refractivity contribution in [3.63, 3.8) is 0 Å². The Morgan fingerprint density at radius 1 is 1.17 bits per heavy atom. The van der Waals surface area contributed by atoms with Gasteiger partial charge in [0.2, 0.25) is 0 Å². The molecule has 4 rings (SSSR count). The number of carbonyl (C=O) groups is 1. The molecular formula is C22H25N5OS. The molecule has 0 bridgehead atoms. The molecule has 1 fully saturated rings. The first-order valence-corrected chi connectivity index (χ1v) is 10.8. The minimum atomic E-state index is -0.252. The Kier molecular flexibility index (Phi) is 6.17. The second kappa shape index (κ2) is 9.15. The number of hydrogen-bond acceptors (Lipinski definition) is 6. The molecule has 2 N–H and O–H groups in total. The number of anilines is 2. The first-order valence-electron chi connectivity index (χ1n) is 9.91. The Bertz CT molecular complexity index is 906. The van der Waals surface area contributed by atoms with Gasteiger partial charge in [0.05, 0.1) is 6.20 Å². The van der Waals surface area contributed by atoms with Crippen molar-refractivity contribution in [3.05, 3.63) is 70.9 Å². The number of nitrogens with zero attached hydrogens (tertiary/aromatic N) is 3. The maximum absolute atomic E-state index is 12.2. The van der Waals surface area contributed by atoms with Gasteiger partial charge in [0.15, 0.2) is 0 Å². The molecule has 1 aliphatic heterocycles. The lowest BCUT2D eigenvalue weighted by Crippen LogP contribution is -2.43. The van der Waals surface area contributed by atoms with Crippen LogP contribution in [0.15, 0.2) is 60.4 Å². The van der Waals surface area contributed by atoms with Crippen LogP contribution in [0.2, 0.25) is 0 Å². The van der Waals surface area contributed by atoms with E-state index < -0.39 is 0 Å². The maximum Gasteiger partial charge on any atom is 0.275 e. The highest BCUT2D eigenvalue weighted by Gasteiger charge is 2.21. The molecule has 1 saturated heterocycles. The van der Waals surface area contributed by atoms with Gasteiger partial charge in [-0.2, -0.15) is 0 Å². The van der Waals surface area contributed by atoms with Crippen LogP contribution in [0.1, 0.15) is 41.2 Å². The lowest BCUT2D eigenvalue weighted by Gasteiger charge is -2.35. The van der Waals surface area contributed by atoms with E-state index in [1.807, 2.05) is 23.5 Å². The van der Waals surface area contributed by atoms with Gasteiger partial charge in [0.25, 0.3) is 5.91 Å². The van der Waals surface area contributed by atoms with Gasteiger partial charge >= 0.3 is 0 Å². The van der Waals surface area contributed by atoms with E-state index in [1.54, 1.807) is 6.20 Å². The number of rotatable bonds is 6. The van der Waals surface area contributed by atoms with Crippen LogP contribution in [0, 0.1) is 0 Å². The van der Waals surface area contributed by atoms with Crippen LogP contribution >= 0.6 is 11.3 Å². The highest BCUT2D eigenvalue weighted by atomic mass is 32.1. The molecule has 1 aromatic carbocycles. The first kappa shape index (κ1) is 19.5. The van der Waals surface area contributed by atoms with Crippen molar-refractivity contribution in [1.29, 1.82) is 0 Å². The summed E-state index contributed by atoms with van der Waals surface area (Å²) in [7, 11) is 0. The fourth-order valence-corrected chi connectivity index (χ4v) is 4.39. The van der Waals surface area contributed by atoms with E-state index in [9.17, 15) is 4.79 Å². The van der Waals surface area contributed by atoms with Crippen LogP contribution in [0.5, 0.6) is 0 Å². The summed E-state index contributed by atoms with van der Waals surface area (Å²) in [4.78, 5) is 23.9. The molecule has 0 spiro atoms. The highest BCUT2D eigenvalue weighted by molar-refractivity contribution is 7.10. The van der Waals surface area contributed by atoms with Crippen LogP contribution < -0.4 is 15.5 Å². The van der Waals surface area contributed by atoms with Gasteiger partial charge in [0, 0.05) is 53.8 Å². The fourth-order valence-electron chi connectivity index (χ4n) is 3.64. The quantitative estimate of drug-likeness (QED) is 0.643. The molecule has 6 nitrogen and oxygen atoms in total. The van der Waals surface area contributed by atoms with Gasteiger partial charge in [-0.1, -0.05) is 6.07 Å². The number of carbonyl (C=O) groups excluding carboxylic acids is 1. The van der Waals surface area contributed by atoms with Crippen LogP contribution in [0.3, 0.4) is 0 Å². The molecular weight excluding hydrogens is 382 g/mol. The average Bonchev–Trinajstić information content (AvgIpc) is 3.31. The van der Waals surface area contributed by atoms with Crippen molar-refractivity contribution in [1.82, 2.24) is 15.3 Å². The number of aromatic nitrogens is 2. The largest absolute Gasteiger partial charge is 0.371 e. The van der Waals surface area contributed by atoms with Crippen molar-refractivity contribution in [2.24, 2.45) is 0 Å². The minimum Gasteiger partial charge on any atom is -0.371 e. The van der Waals surface area contributed by atoms with Crippen LogP contribution in [-0.2, 0) is 0 Å². The molecule has 2 aromatic heterocycles. The SMILES string of the molecule is CC(NC1CCN(c2ccc(NC(=O)c3cnccn3)cc2)CC1)c1cccs1. The predicted octanol–water partition coefficient (Wildman–Crippen LogP) is 4.11. The van der Waals surface area contributed by atoms with E-state index in [-0.39, 0.29) is 5.91 Å². The molecule has 3 heterocycles. The second-order valence-corrected chi connectivity index (χ2v) is 8.24. The zero-order valence-electron chi connectivity index (χ0n) is 16.4. The molecule has 0 saturated carbocycles. The summed E-state index contributed by atoms with van der Waals surface area (Å²) in [6, 6.07) is 13.3. The average molecular weight is 408 g/mol. The number of thiophene rings is 1. The van der Waals surface area contributed by atoms with Gasteiger partial charge in [-0.15, -0.1) is 11.3 Å². The zero-order valence-corrected chi connectivity index (χ0v) is 17.2. The molecule has 1 unspecified atom stereocenters. The normalized spacial score (nSPS) is 15.8.